The highest BCUT2D eigenvalue weighted by atomic mass is 16.6. The number of nitro groups is 2. The van der Waals surface area contributed by atoms with Crippen LogP contribution < -0.4 is 0 Å². The molecule has 26 heavy (non-hydrogen) atoms. The van der Waals surface area contributed by atoms with Gasteiger partial charge in [-0.2, -0.15) is 0 Å². The summed E-state index contributed by atoms with van der Waals surface area (Å²) >= 11 is 0. The molecule has 0 aliphatic rings. The third-order valence-corrected chi connectivity index (χ3v) is 3.77. The van der Waals surface area contributed by atoms with Gasteiger partial charge in [-0.25, -0.2) is 9.59 Å². The minimum Gasteiger partial charge on any atom is -0.478 e. The Morgan fingerprint density at radius 2 is 1.08 bits per heavy atom. The molecule has 2 rings (SSSR count). The van der Waals surface area contributed by atoms with E-state index in [2.05, 4.69) is 0 Å². The van der Waals surface area contributed by atoms with Crippen LogP contribution in [0, 0.1) is 34.1 Å². The number of nitrogens with zero attached hydrogens (tertiary/aromatic N) is 2. The second kappa shape index (κ2) is 6.59. The van der Waals surface area contributed by atoms with Gasteiger partial charge in [-0.05, 0) is 37.1 Å². The zero-order valence-electron chi connectivity index (χ0n) is 13.5. The average Bonchev–Trinajstić information content (AvgIpc) is 2.53. The summed E-state index contributed by atoms with van der Waals surface area (Å²) in [5.41, 5.74) is -1.85. The normalized spacial score (nSPS) is 10.4. The van der Waals surface area contributed by atoms with Gasteiger partial charge in [0.15, 0.2) is 0 Å². The topological polar surface area (TPSA) is 161 Å². The van der Waals surface area contributed by atoms with E-state index in [0.29, 0.717) is 0 Å². The number of carboxylic acid groups (broad SMARTS) is 2. The predicted molar refractivity (Wildman–Crippen MR) is 88.6 cm³/mol. The Balaban J connectivity index is 2.96. The fraction of sp³-hybridized carbons (Fsp3) is 0.125. The Hall–Kier alpha value is -3.82. The number of rotatable bonds is 5. The van der Waals surface area contributed by atoms with Gasteiger partial charge in [0.05, 0.1) is 32.1 Å². The number of aromatic carboxylic acids is 2. The van der Waals surface area contributed by atoms with Crippen molar-refractivity contribution in [1.29, 1.82) is 0 Å². The lowest BCUT2D eigenvalue weighted by Gasteiger charge is -2.12. The first-order valence-corrected chi connectivity index (χ1v) is 7.09. The summed E-state index contributed by atoms with van der Waals surface area (Å²) in [4.78, 5) is 43.5. The lowest BCUT2D eigenvalue weighted by Crippen LogP contribution is -2.06. The summed E-state index contributed by atoms with van der Waals surface area (Å²) < 4.78 is 0. The summed E-state index contributed by atoms with van der Waals surface area (Å²) in [6, 6.07) is 3.97. The fourth-order valence-corrected chi connectivity index (χ4v) is 2.72. The zero-order valence-corrected chi connectivity index (χ0v) is 13.5. The van der Waals surface area contributed by atoms with Crippen LogP contribution in [0.4, 0.5) is 11.4 Å². The van der Waals surface area contributed by atoms with Gasteiger partial charge in [0.1, 0.15) is 0 Å². The third kappa shape index (κ3) is 3.20. The fourth-order valence-electron chi connectivity index (χ4n) is 2.72. The van der Waals surface area contributed by atoms with E-state index in [1.807, 2.05) is 0 Å². The van der Waals surface area contributed by atoms with Gasteiger partial charge < -0.3 is 10.2 Å². The number of carbonyl (C=O) groups is 2. The quantitative estimate of drug-likeness (QED) is 0.607. The smallest absolute Gasteiger partial charge is 0.335 e. The molecule has 0 fully saturated rings. The van der Waals surface area contributed by atoms with Gasteiger partial charge in [-0.3, -0.25) is 20.2 Å². The molecule has 0 aromatic heterocycles. The van der Waals surface area contributed by atoms with Gasteiger partial charge in [-0.1, -0.05) is 0 Å². The van der Waals surface area contributed by atoms with Gasteiger partial charge in [-0.15, -0.1) is 0 Å². The summed E-state index contributed by atoms with van der Waals surface area (Å²) in [5.74, 6) is -2.76. The van der Waals surface area contributed by atoms with E-state index in [9.17, 15) is 29.8 Å². The van der Waals surface area contributed by atoms with Crippen LogP contribution in [0.1, 0.15) is 31.8 Å². The molecule has 0 saturated carbocycles. The van der Waals surface area contributed by atoms with E-state index in [1.165, 1.54) is 26.0 Å². The van der Waals surface area contributed by atoms with Crippen molar-refractivity contribution in [3.8, 4) is 11.1 Å². The van der Waals surface area contributed by atoms with E-state index in [4.69, 9.17) is 10.2 Å². The van der Waals surface area contributed by atoms with Gasteiger partial charge in [0, 0.05) is 12.1 Å². The number of carboxylic acids is 2. The van der Waals surface area contributed by atoms with Crippen LogP contribution in [0.3, 0.4) is 0 Å². The first kappa shape index (κ1) is 18.5. The maximum Gasteiger partial charge on any atom is 0.335 e. The van der Waals surface area contributed by atoms with E-state index < -0.39 is 33.2 Å². The predicted octanol–water partition coefficient (Wildman–Crippen LogP) is 3.18. The molecule has 10 heteroatoms. The SMILES string of the molecule is Cc1cc(C(=O)O)cc([N+](=O)[O-])c1-c1c(C)cc(C(=O)O)cc1[N+](=O)[O-]. The van der Waals surface area contributed by atoms with Crippen LogP contribution in [-0.4, -0.2) is 32.0 Å². The molecule has 0 unspecified atom stereocenters. The molecule has 0 bridgehead atoms. The van der Waals surface area contributed by atoms with Gasteiger partial charge in [0.25, 0.3) is 11.4 Å². The Morgan fingerprint density at radius 1 is 0.769 bits per heavy atom. The summed E-state index contributed by atoms with van der Waals surface area (Å²) in [7, 11) is 0. The molecule has 2 N–H and O–H groups in total. The maximum absolute atomic E-state index is 11.4. The van der Waals surface area contributed by atoms with Gasteiger partial charge >= 0.3 is 11.9 Å². The van der Waals surface area contributed by atoms with E-state index in [1.54, 1.807) is 0 Å². The third-order valence-electron chi connectivity index (χ3n) is 3.77. The van der Waals surface area contributed by atoms with Crippen molar-refractivity contribution < 1.29 is 29.6 Å². The summed E-state index contributed by atoms with van der Waals surface area (Å²) in [6.45, 7) is 2.78. The lowest BCUT2D eigenvalue weighted by molar-refractivity contribution is -0.386. The minimum atomic E-state index is -1.38. The molecule has 0 aliphatic heterocycles. The van der Waals surface area contributed by atoms with E-state index in [0.717, 1.165) is 12.1 Å². The molecule has 2 aromatic carbocycles. The summed E-state index contributed by atoms with van der Waals surface area (Å²) in [6.07, 6.45) is 0. The standard InChI is InChI=1S/C16H12N2O8/c1-7-3-9(15(19)20)5-11(17(23)24)13(7)14-8(2)4-10(16(21)22)6-12(14)18(25)26/h3-6H,1-2H3,(H,19,20)(H,21,22). The first-order chi connectivity index (χ1) is 12.0. The van der Waals surface area contributed by atoms with Crippen molar-refractivity contribution in [2.24, 2.45) is 0 Å². The van der Waals surface area contributed by atoms with Crippen molar-refractivity contribution in [2.45, 2.75) is 13.8 Å². The zero-order chi connectivity index (χ0) is 19.8. The van der Waals surface area contributed by atoms with E-state index in [-0.39, 0.29) is 33.4 Å². The van der Waals surface area contributed by atoms with Crippen LogP contribution in [-0.2, 0) is 0 Å². The van der Waals surface area contributed by atoms with Crippen LogP contribution in [0.25, 0.3) is 11.1 Å². The first-order valence-electron chi connectivity index (χ1n) is 7.09. The number of benzene rings is 2. The van der Waals surface area contributed by atoms with Crippen molar-refractivity contribution in [1.82, 2.24) is 0 Å². The van der Waals surface area contributed by atoms with Crippen molar-refractivity contribution in [3.63, 3.8) is 0 Å². The molecule has 0 radical (unpaired) electrons. The number of hydrogen-bond acceptors (Lipinski definition) is 6. The molecule has 0 saturated heterocycles. The molecular weight excluding hydrogens is 348 g/mol. The molecule has 2 aromatic rings. The Labute approximate surface area is 145 Å². The van der Waals surface area contributed by atoms with Crippen LogP contribution in [0.5, 0.6) is 0 Å². The molecule has 0 aliphatic carbocycles. The Kier molecular flexibility index (Phi) is 4.69. The van der Waals surface area contributed by atoms with Crippen molar-refractivity contribution in [3.05, 3.63) is 66.7 Å². The van der Waals surface area contributed by atoms with Crippen LogP contribution in [0.15, 0.2) is 24.3 Å². The number of hydrogen-bond donors (Lipinski definition) is 2. The monoisotopic (exact) mass is 360 g/mol. The highest BCUT2D eigenvalue weighted by molar-refractivity contribution is 5.96. The molecule has 0 amide bonds. The lowest BCUT2D eigenvalue weighted by atomic mass is 9.90. The van der Waals surface area contributed by atoms with Crippen molar-refractivity contribution >= 4 is 23.3 Å². The molecular formula is C16H12N2O8. The summed E-state index contributed by atoms with van der Waals surface area (Å²) in [5, 5.41) is 41.0. The van der Waals surface area contributed by atoms with Crippen molar-refractivity contribution in [2.75, 3.05) is 0 Å². The number of aryl methyl sites for hydroxylation is 2. The van der Waals surface area contributed by atoms with Crippen LogP contribution in [0.2, 0.25) is 0 Å². The number of nitro benzene ring substituents is 2. The molecule has 0 spiro atoms. The van der Waals surface area contributed by atoms with E-state index >= 15 is 0 Å². The molecule has 134 valence electrons. The second-order valence-electron chi connectivity index (χ2n) is 5.50. The molecule has 0 atom stereocenters. The molecule has 0 heterocycles. The minimum absolute atomic E-state index is 0.124. The Bertz CT molecular complexity index is 901. The highest BCUT2D eigenvalue weighted by Crippen LogP contribution is 2.41. The molecule has 10 nitrogen and oxygen atoms in total. The second-order valence-corrected chi connectivity index (χ2v) is 5.50. The highest BCUT2D eigenvalue weighted by Gasteiger charge is 2.29. The Morgan fingerprint density at radius 3 is 1.31 bits per heavy atom. The van der Waals surface area contributed by atoms with Gasteiger partial charge in [0.2, 0.25) is 0 Å². The van der Waals surface area contributed by atoms with Crippen LogP contribution >= 0.6 is 0 Å². The maximum atomic E-state index is 11.4. The average molecular weight is 360 g/mol. The largest absolute Gasteiger partial charge is 0.478 e.